The second kappa shape index (κ2) is 8.01. The zero-order valence-corrected chi connectivity index (χ0v) is 14.6. The van der Waals surface area contributed by atoms with Crippen LogP contribution in [0.25, 0.3) is 0 Å². The van der Waals surface area contributed by atoms with Gasteiger partial charge >= 0.3 is 138 Å². The minimum absolute atomic E-state index is 0.991. The standard InChI is InChI=1S/C21H21As/c1-4-10-19(11-5-1)16-22(17-20-12-6-2-7-13-20)18-21-14-8-3-9-15-21/h1-15H,16-18H2. The van der Waals surface area contributed by atoms with E-state index in [4.69, 9.17) is 0 Å². The van der Waals surface area contributed by atoms with Crippen LogP contribution in [0.5, 0.6) is 0 Å². The number of benzene rings is 3. The summed E-state index contributed by atoms with van der Waals surface area (Å²) < 4.78 is 0. The van der Waals surface area contributed by atoms with E-state index in [1.807, 2.05) is 0 Å². The van der Waals surface area contributed by atoms with Gasteiger partial charge in [-0.3, -0.25) is 0 Å². The molecule has 22 heavy (non-hydrogen) atoms. The Balaban J connectivity index is 1.75. The Hall–Kier alpha value is -1.78. The average Bonchev–Trinajstić information content (AvgIpc) is 2.57. The maximum absolute atomic E-state index is 2.28. The molecular weight excluding hydrogens is 327 g/mol. The van der Waals surface area contributed by atoms with E-state index in [2.05, 4.69) is 91.0 Å². The van der Waals surface area contributed by atoms with Gasteiger partial charge in [-0.15, -0.1) is 0 Å². The van der Waals surface area contributed by atoms with Gasteiger partial charge in [0.1, 0.15) is 0 Å². The molecule has 0 saturated carbocycles. The van der Waals surface area contributed by atoms with E-state index in [-0.39, 0.29) is 0 Å². The van der Waals surface area contributed by atoms with Crippen molar-refractivity contribution in [2.45, 2.75) is 15.6 Å². The van der Waals surface area contributed by atoms with Crippen molar-refractivity contribution in [2.75, 3.05) is 0 Å². The Morgan fingerprint density at radius 1 is 0.409 bits per heavy atom. The molecule has 0 saturated heterocycles. The molecule has 3 aromatic rings. The molecule has 0 nitrogen and oxygen atoms in total. The van der Waals surface area contributed by atoms with Crippen molar-refractivity contribution < 1.29 is 0 Å². The van der Waals surface area contributed by atoms with Gasteiger partial charge in [0.15, 0.2) is 0 Å². The van der Waals surface area contributed by atoms with Crippen LogP contribution in [0, 0.1) is 0 Å². The van der Waals surface area contributed by atoms with E-state index in [1.54, 1.807) is 0 Å². The van der Waals surface area contributed by atoms with Gasteiger partial charge in [-0.25, -0.2) is 0 Å². The topological polar surface area (TPSA) is 0 Å². The Labute approximate surface area is 138 Å². The molecule has 0 aliphatic rings. The average molecular weight is 348 g/mol. The molecule has 0 bridgehead atoms. The van der Waals surface area contributed by atoms with Crippen LogP contribution in [0.2, 0.25) is 0 Å². The number of hydrogen-bond acceptors (Lipinski definition) is 0. The molecule has 0 radical (unpaired) electrons. The Kier molecular flexibility index (Phi) is 5.51. The summed E-state index contributed by atoms with van der Waals surface area (Å²) >= 11 is -0.991. The maximum atomic E-state index is 2.28. The zero-order chi connectivity index (χ0) is 15.0. The predicted octanol–water partition coefficient (Wildman–Crippen LogP) is 4.83. The van der Waals surface area contributed by atoms with Gasteiger partial charge < -0.3 is 0 Å². The van der Waals surface area contributed by atoms with Crippen molar-refractivity contribution in [1.29, 1.82) is 0 Å². The van der Waals surface area contributed by atoms with Crippen LogP contribution in [0.15, 0.2) is 91.0 Å². The van der Waals surface area contributed by atoms with Crippen molar-refractivity contribution in [3.8, 4) is 0 Å². The zero-order valence-electron chi connectivity index (χ0n) is 12.7. The van der Waals surface area contributed by atoms with Crippen molar-refractivity contribution in [3.05, 3.63) is 108 Å². The minimum atomic E-state index is -0.991. The van der Waals surface area contributed by atoms with E-state index in [1.165, 1.54) is 32.3 Å². The number of rotatable bonds is 6. The van der Waals surface area contributed by atoms with Crippen LogP contribution >= 0.6 is 0 Å². The van der Waals surface area contributed by atoms with Crippen LogP contribution in [0.3, 0.4) is 0 Å². The SMILES string of the molecule is c1ccc(C[As](Cc2ccccc2)Cc2ccccc2)cc1. The van der Waals surface area contributed by atoms with Crippen LogP contribution in [-0.2, 0) is 15.6 Å². The van der Waals surface area contributed by atoms with Gasteiger partial charge in [-0.05, 0) is 0 Å². The Morgan fingerprint density at radius 2 is 0.682 bits per heavy atom. The summed E-state index contributed by atoms with van der Waals surface area (Å²) in [5, 5.41) is 3.83. The van der Waals surface area contributed by atoms with Gasteiger partial charge in [-0.1, -0.05) is 0 Å². The molecule has 0 amide bonds. The summed E-state index contributed by atoms with van der Waals surface area (Å²) in [6.07, 6.45) is 0. The van der Waals surface area contributed by atoms with E-state index >= 15 is 0 Å². The molecule has 0 N–H and O–H groups in total. The molecule has 0 aromatic heterocycles. The third-order valence-corrected chi connectivity index (χ3v) is 8.86. The van der Waals surface area contributed by atoms with E-state index in [0.717, 1.165) is 0 Å². The fourth-order valence-electron chi connectivity index (χ4n) is 2.69. The van der Waals surface area contributed by atoms with Crippen LogP contribution in [-0.4, -0.2) is 14.7 Å². The molecule has 0 heterocycles. The van der Waals surface area contributed by atoms with Crippen LogP contribution in [0.1, 0.15) is 16.7 Å². The molecule has 0 atom stereocenters. The third kappa shape index (κ3) is 4.61. The summed E-state index contributed by atoms with van der Waals surface area (Å²) in [5.74, 6) is 0. The second-order valence-corrected chi connectivity index (χ2v) is 10.4. The fraction of sp³-hybridized carbons (Fsp3) is 0.143. The Morgan fingerprint density at radius 3 is 0.955 bits per heavy atom. The van der Waals surface area contributed by atoms with Gasteiger partial charge in [0.25, 0.3) is 0 Å². The van der Waals surface area contributed by atoms with Crippen molar-refractivity contribution >= 4 is 14.7 Å². The van der Waals surface area contributed by atoms with Crippen molar-refractivity contribution in [3.63, 3.8) is 0 Å². The first-order valence-electron chi connectivity index (χ1n) is 7.74. The normalized spacial score (nSPS) is 10.8. The van der Waals surface area contributed by atoms with Crippen LogP contribution < -0.4 is 0 Å². The summed E-state index contributed by atoms with van der Waals surface area (Å²) in [5.41, 5.74) is 4.48. The van der Waals surface area contributed by atoms with E-state index in [0.29, 0.717) is 0 Å². The van der Waals surface area contributed by atoms with Crippen molar-refractivity contribution in [2.24, 2.45) is 0 Å². The molecule has 0 fully saturated rings. The molecule has 0 aliphatic heterocycles. The van der Waals surface area contributed by atoms with Gasteiger partial charge in [0.2, 0.25) is 0 Å². The van der Waals surface area contributed by atoms with E-state index < -0.39 is 14.7 Å². The molecule has 3 rings (SSSR count). The molecule has 110 valence electrons. The molecular formula is C21H21As. The summed E-state index contributed by atoms with van der Waals surface area (Å²) in [7, 11) is 0. The first kappa shape index (κ1) is 15.1. The fourth-order valence-corrected chi connectivity index (χ4v) is 7.97. The van der Waals surface area contributed by atoms with Gasteiger partial charge in [0, 0.05) is 0 Å². The van der Waals surface area contributed by atoms with Crippen molar-refractivity contribution in [1.82, 2.24) is 0 Å². The molecule has 3 aromatic carbocycles. The second-order valence-electron chi connectivity index (χ2n) is 5.60. The first-order valence-corrected chi connectivity index (χ1v) is 11.7. The summed E-state index contributed by atoms with van der Waals surface area (Å²) in [4.78, 5) is 0. The summed E-state index contributed by atoms with van der Waals surface area (Å²) in [6, 6.07) is 32.9. The van der Waals surface area contributed by atoms with Crippen LogP contribution in [0.4, 0.5) is 0 Å². The quantitative estimate of drug-likeness (QED) is 0.560. The molecule has 1 heteroatoms. The summed E-state index contributed by atoms with van der Waals surface area (Å²) in [6.45, 7) is 0. The monoisotopic (exact) mass is 348 g/mol. The van der Waals surface area contributed by atoms with E-state index in [9.17, 15) is 0 Å². The molecule has 0 aliphatic carbocycles. The molecule has 0 spiro atoms. The predicted molar refractivity (Wildman–Crippen MR) is 96.2 cm³/mol. The first-order chi connectivity index (χ1) is 10.9. The third-order valence-electron chi connectivity index (χ3n) is 3.75. The number of hydrogen-bond donors (Lipinski definition) is 0. The van der Waals surface area contributed by atoms with Gasteiger partial charge in [0.05, 0.1) is 0 Å². The van der Waals surface area contributed by atoms with Gasteiger partial charge in [-0.2, -0.15) is 0 Å². The Bertz CT molecular complexity index is 563. The molecule has 0 unspecified atom stereocenters.